The third-order valence-electron chi connectivity index (χ3n) is 9.83. The number of esters is 1. The first kappa shape index (κ1) is 44.5. The van der Waals surface area contributed by atoms with Gasteiger partial charge in [0, 0.05) is 44.3 Å². The molecule has 1 saturated carbocycles. The summed E-state index contributed by atoms with van der Waals surface area (Å²) in [5.74, 6) is -0.297. The van der Waals surface area contributed by atoms with Gasteiger partial charge >= 0.3 is 18.2 Å². The lowest BCUT2D eigenvalue weighted by Gasteiger charge is -2.40. The second-order valence-electron chi connectivity index (χ2n) is 15.0. The zero-order chi connectivity index (χ0) is 42.2. The van der Waals surface area contributed by atoms with E-state index in [9.17, 15) is 28.8 Å². The zero-order valence-electron chi connectivity index (χ0n) is 34.1. The molecule has 0 unspecified atom stereocenters. The number of fused-ring (bicyclic) bond motifs is 2. The number of hydrogen-bond donors (Lipinski definition) is 2. The topological polar surface area (TPSA) is 182 Å². The number of rotatable bonds is 10. The lowest BCUT2D eigenvalue weighted by molar-refractivity contribution is -0.133. The highest BCUT2D eigenvalue weighted by Crippen LogP contribution is 2.42. The molecule has 0 spiro atoms. The molecule has 17 heteroatoms. The summed E-state index contributed by atoms with van der Waals surface area (Å²) in [6.45, 7) is 11.5. The molecule has 5 amide bonds. The van der Waals surface area contributed by atoms with Crippen molar-refractivity contribution < 1.29 is 52.5 Å². The van der Waals surface area contributed by atoms with E-state index < -0.39 is 29.4 Å². The number of anilines is 2. The average Bonchev–Trinajstić information content (AvgIpc) is 3.17. The minimum Gasteiger partial charge on any atom is -0.476 e. The van der Waals surface area contributed by atoms with E-state index in [0.717, 1.165) is 25.7 Å². The van der Waals surface area contributed by atoms with E-state index in [1.807, 2.05) is 18.7 Å². The number of amides is 5. The molecule has 5 rings (SSSR count). The van der Waals surface area contributed by atoms with Crippen LogP contribution >= 0.6 is 11.6 Å². The molecule has 0 bridgehead atoms. The van der Waals surface area contributed by atoms with Crippen molar-refractivity contribution in [2.45, 2.75) is 96.9 Å². The predicted octanol–water partition coefficient (Wildman–Crippen LogP) is 5.72. The van der Waals surface area contributed by atoms with E-state index in [1.54, 1.807) is 52.0 Å². The summed E-state index contributed by atoms with van der Waals surface area (Å²) in [7, 11) is 3.82. The smallest absolute Gasteiger partial charge is 0.406 e. The Balaban J connectivity index is 0.000000266. The quantitative estimate of drug-likeness (QED) is 0.221. The fourth-order valence-corrected chi connectivity index (χ4v) is 7.25. The molecular formula is C40H54ClN5O11. The van der Waals surface area contributed by atoms with E-state index >= 15 is 0 Å². The van der Waals surface area contributed by atoms with Gasteiger partial charge in [-0.25, -0.2) is 14.4 Å². The SMILES string of the molecule is COC(=O)NCCN1C(=O)C(C)(C)Oc2cc(Cl)c(C(=O)N(C(C)C)C3CCCCC3)cc21.COC(=O)NCCN1C(=O)C(C)(C)Oc2ccc(C(=O)OC)cc21. The van der Waals surface area contributed by atoms with Crippen LogP contribution in [0.15, 0.2) is 30.3 Å². The fraction of sp³-hybridized carbons (Fsp3) is 0.550. The summed E-state index contributed by atoms with van der Waals surface area (Å²) in [5.41, 5.74) is -0.598. The van der Waals surface area contributed by atoms with E-state index in [0.29, 0.717) is 34.0 Å². The maximum absolute atomic E-state index is 13.7. The normalized spacial score (nSPS) is 16.8. The van der Waals surface area contributed by atoms with Gasteiger partial charge in [0.15, 0.2) is 11.2 Å². The zero-order valence-corrected chi connectivity index (χ0v) is 34.9. The van der Waals surface area contributed by atoms with Gasteiger partial charge in [0.1, 0.15) is 11.5 Å². The van der Waals surface area contributed by atoms with Crippen LogP contribution in [0.1, 0.15) is 94.4 Å². The Bertz CT molecular complexity index is 1840. The second-order valence-corrected chi connectivity index (χ2v) is 15.5. The van der Waals surface area contributed by atoms with Crippen LogP contribution in [0.5, 0.6) is 11.5 Å². The molecule has 16 nitrogen and oxygen atoms in total. The molecule has 0 saturated heterocycles. The maximum Gasteiger partial charge on any atom is 0.406 e. The molecule has 312 valence electrons. The highest BCUT2D eigenvalue weighted by molar-refractivity contribution is 6.34. The van der Waals surface area contributed by atoms with E-state index in [1.165, 1.54) is 43.6 Å². The Hall–Kier alpha value is -5.25. The number of nitrogens with zero attached hydrogens (tertiary/aromatic N) is 3. The van der Waals surface area contributed by atoms with Crippen molar-refractivity contribution in [2.24, 2.45) is 0 Å². The molecule has 0 radical (unpaired) electrons. The van der Waals surface area contributed by atoms with Gasteiger partial charge in [-0.1, -0.05) is 30.9 Å². The molecule has 0 aromatic heterocycles. The summed E-state index contributed by atoms with van der Waals surface area (Å²) in [6.07, 6.45) is 4.21. The van der Waals surface area contributed by atoms with Crippen LogP contribution < -0.4 is 29.9 Å². The van der Waals surface area contributed by atoms with Gasteiger partial charge in [0.25, 0.3) is 17.7 Å². The second kappa shape index (κ2) is 18.8. The van der Waals surface area contributed by atoms with Crippen LogP contribution in [-0.4, -0.2) is 112 Å². The monoisotopic (exact) mass is 815 g/mol. The lowest BCUT2D eigenvalue weighted by Crippen LogP contribution is -2.54. The van der Waals surface area contributed by atoms with Crippen molar-refractivity contribution in [3.63, 3.8) is 0 Å². The third kappa shape index (κ3) is 10.4. The molecule has 2 aromatic rings. The Morgan fingerprint density at radius 3 is 1.79 bits per heavy atom. The lowest BCUT2D eigenvalue weighted by atomic mass is 9.92. The first-order chi connectivity index (χ1) is 26.9. The first-order valence-corrected chi connectivity index (χ1v) is 19.3. The standard InChI is InChI=1S/C24H34ClN3O5.C16H20N2O6/c1-15(2)28(16-9-7-6-8-10-16)21(29)17-13-19-20(14-18(17)25)33-24(3,4)22(30)27(19)12-11-26-23(31)32-5;1-16(2)14(20)18(8-7-17-15(21)23-4)11-9-10(13(19)22-3)5-6-12(11)24-16/h13-16H,6-12H2,1-5H3,(H,26,31);5-6,9H,7-8H2,1-4H3,(H,17,21). The number of methoxy groups -OCH3 is 3. The maximum atomic E-state index is 13.7. The number of carbonyl (C=O) groups excluding carboxylic acids is 6. The van der Waals surface area contributed by atoms with Gasteiger partial charge in [0.2, 0.25) is 0 Å². The van der Waals surface area contributed by atoms with Gasteiger partial charge in [0.05, 0.1) is 48.9 Å². The van der Waals surface area contributed by atoms with Crippen LogP contribution in [0.2, 0.25) is 5.02 Å². The molecule has 2 aliphatic heterocycles. The Morgan fingerprint density at radius 1 is 0.789 bits per heavy atom. The van der Waals surface area contributed by atoms with Crippen molar-refractivity contribution >= 4 is 58.9 Å². The van der Waals surface area contributed by atoms with Gasteiger partial charge in [-0.2, -0.15) is 0 Å². The molecule has 3 aliphatic rings. The van der Waals surface area contributed by atoms with Crippen LogP contribution in [0.3, 0.4) is 0 Å². The number of ether oxygens (including phenoxy) is 5. The van der Waals surface area contributed by atoms with Crippen molar-refractivity contribution in [2.75, 3.05) is 57.3 Å². The number of benzene rings is 2. The van der Waals surface area contributed by atoms with Crippen LogP contribution in [-0.2, 0) is 23.8 Å². The van der Waals surface area contributed by atoms with Crippen molar-refractivity contribution in [1.29, 1.82) is 0 Å². The van der Waals surface area contributed by atoms with Crippen LogP contribution in [0.4, 0.5) is 21.0 Å². The molecule has 1 fully saturated rings. The Morgan fingerprint density at radius 2 is 1.30 bits per heavy atom. The van der Waals surface area contributed by atoms with Gasteiger partial charge in [-0.15, -0.1) is 0 Å². The number of alkyl carbamates (subject to hydrolysis) is 2. The summed E-state index contributed by atoms with van der Waals surface area (Å²) in [6, 6.07) is 8.17. The third-order valence-corrected chi connectivity index (χ3v) is 10.1. The van der Waals surface area contributed by atoms with E-state index in [-0.39, 0.29) is 61.0 Å². The molecule has 2 aromatic carbocycles. The first-order valence-electron chi connectivity index (χ1n) is 18.9. The Labute approximate surface area is 338 Å². The van der Waals surface area contributed by atoms with E-state index in [4.69, 9.17) is 25.8 Å². The predicted molar refractivity (Wildman–Crippen MR) is 212 cm³/mol. The largest absolute Gasteiger partial charge is 0.476 e. The summed E-state index contributed by atoms with van der Waals surface area (Å²) in [4.78, 5) is 78.7. The van der Waals surface area contributed by atoms with Crippen molar-refractivity contribution in [1.82, 2.24) is 15.5 Å². The van der Waals surface area contributed by atoms with Crippen molar-refractivity contribution in [3.8, 4) is 11.5 Å². The number of halogens is 1. The van der Waals surface area contributed by atoms with Gasteiger partial charge in [-0.3, -0.25) is 14.4 Å². The van der Waals surface area contributed by atoms with Crippen molar-refractivity contribution in [3.05, 3.63) is 46.5 Å². The molecule has 0 atom stereocenters. The molecule has 2 heterocycles. The molecule has 1 aliphatic carbocycles. The average molecular weight is 816 g/mol. The summed E-state index contributed by atoms with van der Waals surface area (Å²) in [5, 5.41) is 5.40. The Kier molecular flexibility index (Phi) is 14.7. The molecular weight excluding hydrogens is 762 g/mol. The van der Waals surface area contributed by atoms with Gasteiger partial charge in [-0.05, 0) is 78.6 Å². The summed E-state index contributed by atoms with van der Waals surface area (Å²) < 4.78 is 25.5. The summed E-state index contributed by atoms with van der Waals surface area (Å²) >= 11 is 6.58. The molecule has 2 N–H and O–H groups in total. The molecule has 57 heavy (non-hydrogen) atoms. The number of carbonyl (C=O) groups is 6. The minimum absolute atomic E-state index is 0.0184. The van der Waals surface area contributed by atoms with E-state index in [2.05, 4.69) is 20.1 Å². The van der Waals surface area contributed by atoms with Gasteiger partial charge < -0.3 is 49.0 Å². The fourth-order valence-electron chi connectivity index (χ4n) is 7.01. The highest BCUT2D eigenvalue weighted by Gasteiger charge is 2.43. The van der Waals surface area contributed by atoms with Crippen LogP contribution in [0.25, 0.3) is 0 Å². The number of hydrogen-bond acceptors (Lipinski definition) is 11. The van der Waals surface area contributed by atoms with Crippen LogP contribution in [0, 0.1) is 0 Å². The minimum atomic E-state index is -1.11. The highest BCUT2D eigenvalue weighted by atomic mass is 35.5. The number of nitrogens with one attached hydrogen (secondary N) is 2.